The maximum absolute atomic E-state index is 13.3. The van der Waals surface area contributed by atoms with Crippen LogP contribution < -0.4 is 4.74 Å². The van der Waals surface area contributed by atoms with E-state index >= 15 is 0 Å². The lowest BCUT2D eigenvalue weighted by molar-refractivity contribution is -0.212. The first-order chi connectivity index (χ1) is 16.1. The minimum absolute atomic E-state index is 0.0303. The highest BCUT2D eigenvalue weighted by Gasteiger charge is 2.56. The molecule has 0 spiro atoms. The topological polar surface area (TPSA) is 54.0 Å². The van der Waals surface area contributed by atoms with Crippen LogP contribution in [0, 0.1) is 17.3 Å². The predicted octanol–water partition coefficient (Wildman–Crippen LogP) is 6.00. The molecule has 7 atom stereocenters. The van der Waals surface area contributed by atoms with Crippen LogP contribution in [-0.2, 0) is 14.2 Å². The van der Waals surface area contributed by atoms with Gasteiger partial charge in [0.25, 0.3) is 0 Å². The molecule has 0 unspecified atom stereocenters. The van der Waals surface area contributed by atoms with Gasteiger partial charge in [-0.15, -0.1) is 0 Å². The van der Waals surface area contributed by atoms with Gasteiger partial charge in [0.1, 0.15) is 5.75 Å². The van der Waals surface area contributed by atoms with Crippen LogP contribution in [0.3, 0.4) is 0 Å². The summed E-state index contributed by atoms with van der Waals surface area (Å²) in [6, 6.07) is 6.21. The van der Waals surface area contributed by atoms with Crippen LogP contribution in [0.15, 0.2) is 18.2 Å². The number of ether oxygens (including phenoxy) is 4. The van der Waals surface area contributed by atoms with Gasteiger partial charge in [-0.2, -0.15) is 0 Å². The normalized spacial score (nSPS) is 40.6. The van der Waals surface area contributed by atoms with E-state index in [0.717, 1.165) is 82.3 Å². The molecular formula is C28H38O5. The van der Waals surface area contributed by atoms with E-state index in [-0.39, 0.29) is 29.9 Å². The van der Waals surface area contributed by atoms with Crippen molar-refractivity contribution >= 4 is 5.78 Å². The molecule has 2 saturated heterocycles. The van der Waals surface area contributed by atoms with Gasteiger partial charge in [0.15, 0.2) is 18.4 Å². The largest absolute Gasteiger partial charge is 0.465 e. The number of carbonyl (C=O) groups excluding carboxylic acids is 1. The van der Waals surface area contributed by atoms with Crippen LogP contribution >= 0.6 is 0 Å². The van der Waals surface area contributed by atoms with Crippen LogP contribution in [0.2, 0.25) is 0 Å². The number of rotatable bonds is 4. The second kappa shape index (κ2) is 8.98. The highest BCUT2D eigenvalue weighted by Crippen LogP contribution is 2.61. The van der Waals surface area contributed by atoms with Crippen molar-refractivity contribution in [2.24, 2.45) is 17.3 Å². The lowest BCUT2D eigenvalue weighted by Crippen LogP contribution is -2.46. The molecule has 5 heteroatoms. The monoisotopic (exact) mass is 454 g/mol. The molecule has 180 valence electrons. The van der Waals surface area contributed by atoms with Crippen molar-refractivity contribution in [1.82, 2.24) is 0 Å². The lowest BCUT2D eigenvalue weighted by Gasteiger charge is -2.50. The third kappa shape index (κ3) is 4.04. The molecule has 1 aromatic carbocycles. The molecule has 4 fully saturated rings. The Labute approximate surface area is 197 Å². The van der Waals surface area contributed by atoms with E-state index in [2.05, 4.69) is 19.1 Å². The fourth-order valence-corrected chi connectivity index (χ4v) is 7.59. The molecule has 5 nitrogen and oxygen atoms in total. The van der Waals surface area contributed by atoms with Crippen LogP contribution in [0.1, 0.15) is 99.4 Å². The number of ketones is 1. The third-order valence-corrected chi connectivity index (χ3v) is 9.36. The first-order valence-electron chi connectivity index (χ1n) is 13.3. The summed E-state index contributed by atoms with van der Waals surface area (Å²) in [6.45, 7) is 4.01. The fourth-order valence-electron chi connectivity index (χ4n) is 7.59. The summed E-state index contributed by atoms with van der Waals surface area (Å²) in [4.78, 5) is 13.3. The Morgan fingerprint density at radius 2 is 1.73 bits per heavy atom. The van der Waals surface area contributed by atoms with Crippen molar-refractivity contribution < 1.29 is 23.7 Å². The molecule has 3 aliphatic carbocycles. The second-order valence-corrected chi connectivity index (χ2v) is 11.2. The first kappa shape index (κ1) is 22.1. The maximum Gasteiger partial charge on any atom is 0.199 e. The number of hydrogen-bond acceptors (Lipinski definition) is 5. The van der Waals surface area contributed by atoms with Crippen molar-refractivity contribution in [2.75, 3.05) is 13.2 Å². The number of fused-ring (bicyclic) bond motifs is 5. The molecule has 0 aromatic heterocycles. The number of hydrogen-bond donors (Lipinski definition) is 0. The van der Waals surface area contributed by atoms with Crippen LogP contribution in [0.25, 0.3) is 0 Å². The lowest BCUT2D eigenvalue weighted by atomic mass is 9.55. The molecule has 0 N–H and O–H groups in total. The van der Waals surface area contributed by atoms with Crippen LogP contribution in [-0.4, -0.2) is 37.7 Å². The van der Waals surface area contributed by atoms with E-state index in [1.165, 1.54) is 12.0 Å². The molecule has 0 radical (unpaired) electrons. The quantitative estimate of drug-likeness (QED) is 0.558. The van der Waals surface area contributed by atoms with Gasteiger partial charge in [-0.05, 0) is 98.7 Å². The summed E-state index contributed by atoms with van der Waals surface area (Å²) in [5.74, 6) is 2.51. The Morgan fingerprint density at radius 1 is 0.939 bits per heavy atom. The minimum atomic E-state index is -0.179. The molecule has 1 aromatic rings. The van der Waals surface area contributed by atoms with Crippen molar-refractivity contribution in [3.05, 3.63) is 29.3 Å². The maximum atomic E-state index is 13.3. The van der Waals surface area contributed by atoms with Crippen molar-refractivity contribution in [1.29, 1.82) is 0 Å². The number of Topliss-reactive ketones (excluding diaryl/α,β-unsaturated/α-hetero) is 1. The fraction of sp³-hybridized carbons (Fsp3) is 0.750. The van der Waals surface area contributed by atoms with Crippen LogP contribution in [0.4, 0.5) is 0 Å². The van der Waals surface area contributed by atoms with Crippen LogP contribution in [0.5, 0.6) is 5.75 Å². The molecule has 0 amide bonds. The molecule has 2 heterocycles. The molecular weight excluding hydrogens is 416 g/mol. The Kier molecular flexibility index (Phi) is 6.00. The van der Waals surface area contributed by atoms with Gasteiger partial charge in [-0.3, -0.25) is 4.79 Å². The van der Waals surface area contributed by atoms with Gasteiger partial charge in [-0.1, -0.05) is 13.0 Å². The zero-order valence-corrected chi connectivity index (χ0v) is 19.9. The highest BCUT2D eigenvalue weighted by molar-refractivity contribution is 5.99. The predicted molar refractivity (Wildman–Crippen MR) is 124 cm³/mol. The number of benzene rings is 1. The average molecular weight is 455 g/mol. The van der Waals surface area contributed by atoms with Crippen molar-refractivity contribution in [3.63, 3.8) is 0 Å². The summed E-state index contributed by atoms with van der Waals surface area (Å²) in [5.41, 5.74) is 2.28. The Bertz CT molecular complexity index is 871. The summed E-state index contributed by atoms with van der Waals surface area (Å²) in [5, 5.41) is 0. The molecule has 6 rings (SSSR count). The summed E-state index contributed by atoms with van der Waals surface area (Å²) in [6.07, 6.45) is 11.8. The standard InChI is InChI=1S/C28H38O5/c1-28-13-12-20-19-9-8-18(32-26-6-2-4-14-30-26)16-22(19)24(29)17-21(20)23(28)10-11-25(28)33-27-7-3-5-15-31-27/h8-9,16,20-21,23,25-27H,2-7,10-15,17H2,1H3/t20-,21-,23+,25+,26+,27+,28+/m1/s1. The zero-order valence-electron chi connectivity index (χ0n) is 19.9. The Hall–Kier alpha value is -1.43. The molecule has 2 saturated carbocycles. The van der Waals surface area contributed by atoms with Gasteiger partial charge in [0.2, 0.25) is 0 Å². The van der Waals surface area contributed by atoms with E-state index in [4.69, 9.17) is 18.9 Å². The van der Waals surface area contributed by atoms with Gasteiger partial charge >= 0.3 is 0 Å². The molecule has 0 bridgehead atoms. The van der Waals surface area contributed by atoms with Crippen molar-refractivity contribution in [3.8, 4) is 5.75 Å². The zero-order chi connectivity index (χ0) is 22.4. The summed E-state index contributed by atoms with van der Waals surface area (Å²) in [7, 11) is 0. The molecule has 2 aliphatic heterocycles. The Balaban J connectivity index is 1.19. The summed E-state index contributed by atoms with van der Waals surface area (Å²) >= 11 is 0. The van der Waals surface area contributed by atoms with E-state index in [1.807, 2.05) is 6.07 Å². The number of carbonyl (C=O) groups is 1. The molecule has 5 aliphatic rings. The minimum Gasteiger partial charge on any atom is -0.465 e. The smallest absolute Gasteiger partial charge is 0.199 e. The van der Waals surface area contributed by atoms with Gasteiger partial charge in [-0.25, -0.2) is 0 Å². The highest BCUT2D eigenvalue weighted by atomic mass is 16.7. The van der Waals surface area contributed by atoms with Gasteiger partial charge < -0.3 is 18.9 Å². The first-order valence-corrected chi connectivity index (χ1v) is 13.3. The third-order valence-electron chi connectivity index (χ3n) is 9.36. The van der Waals surface area contributed by atoms with E-state index in [1.54, 1.807) is 0 Å². The van der Waals surface area contributed by atoms with Gasteiger partial charge in [0, 0.05) is 25.0 Å². The Morgan fingerprint density at radius 3 is 2.48 bits per heavy atom. The summed E-state index contributed by atoms with van der Waals surface area (Å²) < 4.78 is 24.3. The van der Waals surface area contributed by atoms with E-state index < -0.39 is 0 Å². The van der Waals surface area contributed by atoms with E-state index in [0.29, 0.717) is 24.2 Å². The molecule has 33 heavy (non-hydrogen) atoms. The SMILES string of the molecule is C[C@]12CC[C@@H]3c4ccc(O[C@H]5CCCCO5)cc4C(=O)C[C@H]3[C@@H]1CC[C@@H]2O[C@H]1CCCCO1. The second-order valence-electron chi connectivity index (χ2n) is 11.2. The van der Waals surface area contributed by atoms with Crippen molar-refractivity contribution in [2.45, 2.75) is 102 Å². The van der Waals surface area contributed by atoms with Gasteiger partial charge in [0.05, 0.1) is 12.7 Å². The van der Waals surface area contributed by atoms with E-state index in [9.17, 15) is 4.79 Å². The average Bonchev–Trinajstić information content (AvgIpc) is 3.17.